The van der Waals surface area contributed by atoms with Crippen molar-refractivity contribution in [2.75, 3.05) is 0 Å². The zero-order valence-electron chi connectivity index (χ0n) is 10.3. The van der Waals surface area contributed by atoms with E-state index in [1.165, 1.54) is 17.7 Å². The summed E-state index contributed by atoms with van der Waals surface area (Å²) in [7, 11) is 0. The van der Waals surface area contributed by atoms with E-state index in [9.17, 15) is 0 Å². The van der Waals surface area contributed by atoms with Gasteiger partial charge in [0.1, 0.15) is 0 Å². The summed E-state index contributed by atoms with van der Waals surface area (Å²) >= 11 is 13.8. The molecule has 2 aromatic rings. The summed E-state index contributed by atoms with van der Waals surface area (Å²) in [5.41, 5.74) is 1.07. The highest BCUT2D eigenvalue weighted by molar-refractivity contribution is 7.11. The number of hydrogen-bond acceptors (Lipinski definition) is 3. The predicted molar refractivity (Wildman–Crippen MR) is 81.2 cm³/mol. The van der Waals surface area contributed by atoms with Gasteiger partial charge < -0.3 is 5.32 Å². The van der Waals surface area contributed by atoms with Gasteiger partial charge in [0.25, 0.3) is 0 Å². The molecule has 1 N–H and O–H groups in total. The lowest BCUT2D eigenvalue weighted by atomic mass is 10.1. The van der Waals surface area contributed by atoms with E-state index in [1.807, 2.05) is 18.3 Å². The van der Waals surface area contributed by atoms with E-state index in [1.54, 1.807) is 17.4 Å². The van der Waals surface area contributed by atoms with E-state index < -0.39 is 0 Å². The number of rotatable bonds is 5. The summed E-state index contributed by atoms with van der Waals surface area (Å²) in [6, 6.07) is 6.35. The van der Waals surface area contributed by atoms with Crippen LogP contribution in [0.5, 0.6) is 0 Å². The van der Waals surface area contributed by atoms with Crippen LogP contribution in [0, 0.1) is 0 Å². The number of aromatic nitrogens is 1. The second kappa shape index (κ2) is 5.80. The Bertz CT molecular complexity index is 579. The topological polar surface area (TPSA) is 24.9 Å². The molecule has 3 rings (SSSR count). The van der Waals surface area contributed by atoms with Crippen molar-refractivity contribution in [3.8, 4) is 0 Å². The molecule has 1 aliphatic rings. The van der Waals surface area contributed by atoms with Crippen molar-refractivity contribution in [2.45, 2.75) is 31.8 Å². The van der Waals surface area contributed by atoms with Gasteiger partial charge in [0, 0.05) is 40.1 Å². The lowest BCUT2D eigenvalue weighted by Crippen LogP contribution is -2.14. The molecule has 0 radical (unpaired) electrons. The predicted octanol–water partition coefficient (Wildman–Crippen LogP) is 4.29. The van der Waals surface area contributed by atoms with Crippen LogP contribution in [0.15, 0.2) is 24.4 Å². The highest BCUT2D eigenvalue weighted by Crippen LogP contribution is 2.25. The van der Waals surface area contributed by atoms with Crippen molar-refractivity contribution in [3.05, 3.63) is 49.9 Å². The SMILES string of the molecule is Clc1ccc(Cc2ncc(CNC3CC3)s2)c(Cl)c1. The molecule has 0 aliphatic heterocycles. The lowest BCUT2D eigenvalue weighted by molar-refractivity contribution is 0.694. The van der Waals surface area contributed by atoms with Crippen LogP contribution in [0.1, 0.15) is 28.3 Å². The van der Waals surface area contributed by atoms with Gasteiger partial charge in [-0.15, -0.1) is 11.3 Å². The monoisotopic (exact) mass is 312 g/mol. The molecule has 1 aromatic heterocycles. The number of benzene rings is 1. The first-order chi connectivity index (χ1) is 9.20. The highest BCUT2D eigenvalue weighted by atomic mass is 35.5. The number of halogens is 2. The fourth-order valence-corrected chi connectivity index (χ4v) is 3.24. The molecule has 1 fully saturated rings. The van der Waals surface area contributed by atoms with Crippen LogP contribution in [0.3, 0.4) is 0 Å². The lowest BCUT2D eigenvalue weighted by Gasteiger charge is -2.02. The Morgan fingerprint density at radius 2 is 2.16 bits per heavy atom. The Morgan fingerprint density at radius 3 is 2.89 bits per heavy atom. The minimum absolute atomic E-state index is 0.669. The number of thiazole rings is 1. The first kappa shape index (κ1) is 13.4. The molecule has 1 aliphatic carbocycles. The third-order valence-corrected chi connectivity index (χ3v) is 4.68. The number of hydrogen-bond donors (Lipinski definition) is 1. The molecule has 100 valence electrons. The zero-order valence-corrected chi connectivity index (χ0v) is 12.7. The zero-order chi connectivity index (χ0) is 13.2. The first-order valence-electron chi connectivity index (χ1n) is 6.31. The third kappa shape index (κ3) is 3.69. The summed E-state index contributed by atoms with van der Waals surface area (Å²) in [4.78, 5) is 5.74. The maximum absolute atomic E-state index is 6.18. The first-order valence-corrected chi connectivity index (χ1v) is 7.89. The molecule has 1 heterocycles. The molecule has 0 bridgehead atoms. The Balaban J connectivity index is 1.65. The highest BCUT2D eigenvalue weighted by Gasteiger charge is 2.20. The fourth-order valence-electron chi connectivity index (χ4n) is 1.87. The van der Waals surface area contributed by atoms with E-state index in [0.29, 0.717) is 10.0 Å². The van der Waals surface area contributed by atoms with Crippen LogP contribution in [-0.2, 0) is 13.0 Å². The van der Waals surface area contributed by atoms with Gasteiger partial charge in [-0.25, -0.2) is 4.98 Å². The van der Waals surface area contributed by atoms with Gasteiger partial charge in [-0.05, 0) is 30.5 Å². The molecule has 1 saturated carbocycles. The van der Waals surface area contributed by atoms with Crippen LogP contribution >= 0.6 is 34.5 Å². The summed E-state index contributed by atoms with van der Waals surface area (Å²) in [6.45, 7) is 0.927. The van der Waals surface area contributed by atoms with Gasteiger partial charge in [-0.1, -0.05) is 29.3 Å². The average molecular weight is 313 g/mol. The van der Waals surface area contributed by atoms with Gasteiger partial charge >= 0.3 is 0 Å². The Hall–Kier alpha value is -0.610. The standard InChI is InChI=1S/C14H14Cl2N2S/c15-10-2-1-9(13(16)6-10)5-14-18-8-12(19-14)7-17-11-3-4-11/h1-2,6,8,11,17H,3-5,7H2. The molecule has 0 amide bonds. The van der Waals surface area contributed by atoms with Crippen molar-refractivity contribution in [1.82, 2.24) is 10.3 Å². The van der Waals surface area contributed by atoms with Crippen molar-refractivity contribution < 1.29 is 0 Å². The van der Waals surface area contributed by atoms with Crippen molar-refractivity contribution in [3.63, 3.8) is 0 Å². The minimum atomic E-state index is 0.669. The van der Waals surface area contributed by atoms with Crippen molar-refractivity contribution >= 4 is 34.5 Å². The quantitative estimate of drug-likeness (QED) is 0.890. The Morgan fingerprint density at radius 1 is 1.32 bits per heavy atom. The molecular formula is C14H14Cl2N2S. The second-order valence-electron chi connectivity index (χ2n) is 4.79. The molecule has 0 unspecified atom stereocenters. The molecule has 0 spiro atoms. The molecular weight excluding hydrogens is 299 g/mol. The molecule has 0 saturated heterocycles. The Labute approximate surface area is 126 Å². The van der Waals surface area contributed by atoms with Crippen molar-refractivity contribution in [2.24, 2.45) is 0 Å². The van der Waals surface area contributed by atoms with Gasteiger partial charge in [0.2, 0.25) is 0 Å². The van der Waals surface area contributed by atoms with E-state index in [2.05, 4.69) is 10.3 Å². The van der Waals surface area contributed by atoms with Gasteiger partial charge in [-0.2, -0.15) is 0 Å². The summed E-state index contributed by atoms with van der Waals surface area (Å²) < 4.78 is 0. The van der Waals surface area contributed by atoms with Gasteiger partial charge in [0.05, 0.1) is 5.01 Å². The fraction of sp³-hybridized carbons (Fsp3) is 0.357. The van der Waals surface area contributed by atoms with Crippen LogP contribution < -0.4 is 5.32 Å². The van der Waals surface area contributed by atoms with Crippen LogP contribution in [0.25, 0.3) is 0 Å². The van der Waals surface area contributed by atoms with Crippen LogP contribution in [-0.4, -0.2) is 11.0 Å². The average Bonchev–Trinajstić information content (AvgIpc) is 3.10. The summed E-state index contributed by atoms with van der Waals surface area (Å²) in [6.07, 6.45) is 5.35. The molecule has 19 heavy (non-hydrogen) atoms. The summed E-state index contributed by atoms with van der Waals surface area (Å²) in [5.74, 6) is 0. The van der Waals surface area contributed by atoms with Crippen LogP contribution in [0.2, 0.25) is 10.0 Å². The third-order valence-electron chi connectivity index (χ3n) is 3.10. The molecule has 1 aromatic carbocycles. The number of nitrogens with zero attached hydrogens (tertiary/aromatic N) is 1. The molecule has 5 heteroatoms. The van der Waals surface area contributed by atoms with E-state index in [4.69, 9.17) is 23.2 Å². The largest absolute Gasteiger partial charge is 0.309 e. The maximum Gasteiger partial charge on any atom is 0.0972 e. The number of nitrogens with one attached hydrogen (secondary N) is 1. The minimum Gasteiger partial charge on any atom is -0.309 e. The maximum atomic E-state index is 6.18. The molecule has 2 nitrogen and oxygen atoms in total. The Kier molecular flexibility index (Phi) is 4.08. The van der Waals surface area contributed by atoms with Crippen LogP contribution in [0.4, 0.5) is 0 Å². The van der Waals surface area contributed by atoms with E-state index in [0.717, 1.165) is 29.6 Å². The normalized spacial score (nSPS) is 14.8. The summed E-state index contributed by atoms with van der Waals surface area (Å²) in [5, 5.41) is 5.97. The van der Waals surface area contributed by atoms with Crippen molar-refractivity contribution in [1.29, 1.82) is 0 Å². The van der Waals surface area contributed by atoms with Gasteiger partial charge in [0.15, 0.2) is 0 Å². The van der Waals surface area contributed by atoms with Gasteiger partial charge in [-0.3, -0.25) is 0 Å². The van der Waals surface area contributed by atoms with E-state index >= 15 is 0 Å². The van der Waals surface area contributed by atoms with E-state index in [-0.39, 0.29) is 0 Å². The smallest absolute Gasteiger partial charge is 0.0972 e. The molecule has 0 atom stereocenters. The second-order valence-corrected chi connectivity index (χ2v) is 6.83.